The number of aromatic nitrogens is 3. The molecule has 2 aromatic carbocycles. The molecule has 2 N–H and O–H groups in total. The van der Waals surface area contributed by atoms with Crippen molar-refractivity contribution >= 4 is 17.8 Å². The Morgan fingerprint density at radius 1 is 0.868 bits per heavy atom. The van der Waals surface area contributed by atoms with Gasteiger partial charge in [-0.1, -0.05) is 5.16 Å². The lowest BCUT2D eigenvalue weighted by molar-refractivity contribution is -0.153. The number of benzene rings is 2. The van der Waals surface area contributed by atoms with Crippen LogP contribution in [0.5, 0.6) is 17.2 Å². The maximum atomic E-state index is 12.5. The molecule has 0 bridgehead atoms. The number of nitrogens with one attached hydrogen (secondary N) is 2. The molecule has 4 aromatic rings. The van der Waals surface area contributed by atoms with Gasteiger partial charge in [-0.3, -0.25) is 20.2 Å². The van der Waals surface area contributed by atoms with Crippen LogP contribution in [0.3, 0.4) is 0 Å². The summed E-state index contributed by atoms with van der Waals surface area (Å²) in [5.74, 6) is 0.146. The first-order chi connectivity index (χ1) is 18.5. The van der Waals surface area contributed by atoms with E-state index in [-0.39, 0.29) is 18.8 Å². The van der Waals surface area contributed by atoms with Crippen molar-refractivity contribution in [2.24, 2.45) is 0 Å². The molecular weight excluding hydrogens is 494 g/mol. The van der Waals surface area contributed by atoms with Gasteiger partial charge in [-0.05, 0) is 54.6 Å². The highest BCUT2D eigenvalue weighted by molar-refractivity contribution is 6.21. The largest absolute Gasteiger partial charge is 0.467 e. The third-order valence-corrected chi connectivity index (χ3v) is 5.69. The molecule has 3 heterocycles. The summed E-state index contributed by atoms with van der Waals surface area (Å²) in [5, 5.41) is 8.19. The molecular formula is C26H21N5O7. The Morgan fingerprint density at radius 3 is 2.16 bits per heavy atom. The van der Waals surface area contributed by atoms with Crippen molar-refractivity contribution in [2.75, 3.05) is 13.7 Å². The molecule has 0 unspecified atom stereocenters. The first-order valence-electron chi connectivity index (χ1n) is 11.4. The first kappa shape index (κ1) is 24.6. The molecule has 12 heteroatoms. The van der Waals surface area contributed by atoms with Crippen LogP contribution in [-0.4, -0.2) is 52.3 Å². The lowest BCUT2D eigenvalue weighted by atomic mass is 9.95. The van der Waals surface area contributed by atoms with E-state index in [9.17, 15) is 14.4 Å². The monoisotopic (exact) mass is 515 g/mol. The summed E-state index contributed by atoms with van der Waals surface area (Å²) in [6.45, 7) is 0.0578. The van der Waals surface area contributed by atoms with Gasteiger partial charge in [0.25, 0.3) is 17.4 Å². The number of methoxy groups -OCH3 is 1. The fourth-order valence-electron chi connectivity index (χ4n) is 3.73. The van der Waals surface area contributed by atoms with Gasteiger partial charge in [-0.25, -0.2) is 14.8 Å². The van der Waals surface area contributed by atoms with Crippen molar-refractivity contribution in [3.05, 3.63) is 73.2 Å². The highest BCUT2D eigenvalue weighted by atomic mass is 16.5. The third-order valence-electron chi connectivity index (χ3n) is 5.69. The molecule has 0 spiro atoms. The summed E-state index contributed by atoms with van der Waals surface area (Å²) in [6, 6.07) is 16.2. The van der Waals surface area contributed by atoms with Crippen molar-refractivity contribution in [3.63, 3.8) is 0 Å². The minimum absolute atomic E-state index is 0.0578. The number of barbiturate groups is 1. The number of carbonyl (C=O) groups is 3. The zero-order valence-corrected chi connectivity index (χ0v) is 20.0. The Morgan fingerprint density at radius 2 is 1.53 bits per heavy atom. The van der Waals surface area contributed by atoms with Crippen LogP contribution in [0.2, 0.25) is 0 Å². The number of ether oxygens (including phenoxy) is 3. The predicted molar refractivity (Wildman–Crippen MR) is 131 cm³/mol. The molecule has 192 valence electrons. The first-order valence-corrected chi connectivity index (χ1v) is 11.4. The fourth-order valence-corrected chi connectivity index (χ4v) is 3.73. The van der Waals surface area contributed by atoms with E-state index >= 15 is 0 Å². The van der Waals surface area contributed by atoms with Gasteiger partial charge in [0.05, 0.1) is 12.3 Å². The lowest BCUT2D eigenvalue weighted by Crippen LogP contribution is -2.69. The van der Waals surface area contributed by atoms with Gasteiger partial charge in [-0.2, -0.15) is 0 Å². The van der Waals surface area contributed by atoms with Crippen molar-refractivity contribution in [1.29, 1.82) is 0 Å². The smallest absolute Gasteiger partial charge is 0.328 e. The van der Waals surface area contributed by atoms with E-state index in [0.717, 1.165) is 5.56 Å². The molecule has 1 aliphatic rings. The van der Waals surface area contributed by atoms with Gasteiger partial charge in [0.1, 0.15) is 29.3 Å². The van der Waals surface area contributed by atoms with Gasteiger partial charge >= 0.3 is 6.03 Å². The number of amides is 4. The van der Waals surface area contributed by atoms with Crippen LogP contribution in [0, 0.1) is 0 Å². The Kier molecular flexibility index (Phi) is 6.78. The van der Waals surface area contributed by atoms with E-state index in [1.807, 2.05) is 12.1 Å². The van der Waals surface area contributed by atoms with Crippen molar-refractivity contribution in [3.8, 4) is 40.0 Å². The van der Waals surface area contributed by atoms with Crippen LogP contribution in [0.1, 0.15) is 6.42 Å². The molecule has 0 atom stereocenters. The maximum Gasteiger partial charge on any atom is 0.328 e. The topological polar surface area (TPSA) is 155 Å². The second-order valence-corrected chi connectivity index (χ2v) is 8.18. The Hall–Kier alpha value is -5.10. The summed E-state index contributed by atoms with van der Waals surface area (Å²) in [7, 11) is 1.43. The second-order valence-electron chi connectivity index (χ2n) is 8.18. The van der Waals surface area contributed by atoms with Crippen molar-refractivity contribution in [1.82, 2.24) is 25.8 Å². The second kappa shape index (κ2) is 10.5. The maximum absolute atomic E-state index is 12.5. The van der Waals surface area contributed by atoms with Crippen molar-refractivity contribution in [2.45, 2.75) is 12.0 Å². The highest BCUT2D eigenvalue weighted by Crippen LogP contribution is 2.30. The SMILES string of the molecule is COCCC1(Oc2ccc(Oc3ccc(-c4cc(-c5ccncn5)no4)cc3)cc2)C(=O)NC(=O)NC1=O. The van der Waals surface area contributed by atoms with Crippen LogP contribution >= 0.6 is 0 Å². The van der Waals surface area contributed by atoms with Crippen LogP contribution in [-0.2, 0) is 14.3 Å². The van der Waals surface area contributed by atoms with Gasteiger partial charge < -0.3 is 18.7 Å². The molecule has 0 aliphatic carbocycles. The van der Waals surface area contributed by atoms with E-state index in [4.69, 9.17) is 18.7 Å². The number of rotatable bonds is 9. The number of carbonyl (C=O) groups excluding carboxylic acids is 3. The molecule has 0 saturated carbocycles. The molecule has 1 fully saturated rings. The molecule has 0 radical (unpaired) electrons. The average molecular weight is 515 g/mol. The normalized spacial score (nSPS) is 14.5. The van der Waals surface area contributed by atoms with Crippen LogP contribution in [0.4, 0.5) is 4.79 Å². The molecule has 12 nitrogen and oxygen atoms in total. The van der Waals surface area contributed by atoms with E-state index < -0.39 is 23.4 Å². The zero-order valence-electron chi connectivity index (χ0n) is 20.0. The molecule has 1 aliphatic heterocycles. The van der Waals surface area contributed by atoms with Crippen LogP contribution in [0.25, 0.3) is 22.7 Å². The fraction of sp³-hybridized carbons (Fsp3) is 0.154. The standard InChI is InChI=1S/C26H21N5O7/c1-35-13-11-26(23(32)29-25(34)30-24(26)33)37-19-8-6-18(7-9-19)36-17-4-2-16(3-5-17)22-14-21(31-38-22)20-10-12-27-15-28-20/h2-10,12,14-15H,11,13H2,1H3,(H2,29,30,32,33,34). The quantitative estimate of drug-likeness (QED) is 0.318. The Labute approximate surface area is 215 Å². The number of hydrogen-bond acceptors (Lipinski definition) is 10. The lowest BCUT2D eigenvalue weighted by Gasteiger charge is -2.34. The van der Waals surface area contributed by atoms with E-state index in [0.29, 0.717) is 28.6 Å². The summed E-state index contributed by atoms with van der Waals surface area (Å²) in [5.41, 5.74) is 0.114. The molecule has 38 heavy (non-hydrogen) atoms. The molecule has 2 aromatic heterocycles. The number of hydrogen-bond donors (Lipinski definition) is 2. The molecule has 1 saturated heterocycles. The van der Waals surface area contributed by atoms with Gasteiger partial charge in [0, 0.05) is 31.4 Å². The van der Waals surface area contributed by atoms with Crippen molar-refractivity contribution < 1.29 is 33.1 Å². The average Bonchev–Trinajstić information content (AvgIpc) is 3.42. The summed E-state index contributed by atoms with van der Waals surface area (Å²) in [4.78, 5) is 44.6. The zero-order chi connectivity index (χ0) is 26.5. The van der Waals surface area contributed by atoms with Crippen LogP contribution < -0.4 is 20.1 Å². The Bertz CT molecular complexity index is 1430. The Balaban J connectivity index is 1.26. The van der Waals surface area contributed by atoms with E-state index in [1.165, 1.54) is 13.4 Å². The third kappa shape index (κ3) is 5.06. The molecule has 4 amide bonds. The summed E-state index contributed by atoms with van der Waals surface area (Å²) >= 11 is 0. The van der Waals surface area contributed by atoms with E-state index in [1.54, 1.807) is 54.7 Å². The van der Waals surface area contributed by atoms with Gasteiger partial charge in [0.2, 0.25) is 0 Å². The summed E-state index contributed by atoms with van der Waals surface area (Å²) in [6.07, 6.45) is 2.98. The number of imide groups is 2. The summed E-state index contributed by atoms with van der Waals surface area (Å²) < 4.78 is 22.1. The molecule has 5 rings (SSSR count). The number of urea groups is 1. The highest BCUT2D eigenvalue weighted by Gasteiger charge is 2.52. The number of nitrogens with zero attached hydrogens (tertiary/aromatic N) is 3. The predicted octanol–water partition coefficient (Wildman–Crippen LogP) is 3.11. The van der Waals surface area contributed by atoms with Crippen LogP contribution in [0.15, 0.2) is 77.7 Å². The minimum atomic E-state index is -1.95. The minimum Gasteiger partial charge on any atom is -0.467 e. The van der Waals surface area contributed by atoms with E-state index in [2.05, 4.69) is 25.8 Å². The van der Waals surface area contributed by atoms with Gasteiger partial charge in [0.15, 0.2) is 5.76 Å². The van der Waals surface area contributed by atoms with Gasteiger partial charge in [-0.15, -0.1) is 0 Å².